The lowest BCUT2D eigenvalue weighted by atomic mass is 10.2. The van der Waals surface area contributed by atoms with Crippen LogP contribution in [-0.2, 0) is 22.4 Å². The Morgan fingerprint density at radius 2 is 2.05 bits per heavy atom. The fourth-order valence-corrected chi connectivity index (χ4v) is 2.43. The normalized spacial score (nSPS) is 10.6. The van der Waals surface area contributed by atoms with E-state index < -0.39 is 0 Å². The number of carbonyl (C=O) groups excluding carboxylic acids is 1. The third kappa shape index (κ3) is 5.58. The van der Waals surface area contributed by atoms with Crippen molar-refractivity contribution in [1.29, 1.82) is 0 Å². The quantitative estimate of drug-likeness (QED) is 0.697. The Morgan fingerprint density at radius 1 is 1.24 bits per heavy atom. The highest BCUT2D eigenvalue weighted by Crippen LogP contribution is 2.16. The van der Waals surface area contributed by atoms with E-state index in [0.29, 0.717) is 17.3 Å². The maximum atomic E-state index is 11.8. The van der Waals surface area contributed by atoms with Gasteiger partial charge in [-0.3, -0.25) is 9.78 Å². The van der Waals surface area contributed by atoms with Gasteiger partial charge in [0.2, 0.25) is 0 Å². The van der Waals surface area contributed by atoms with E-state index in [-0.39, 0.29) is 18.8 Å². The van der Waals surface area contributed by atoms with Gasteiger partial charge in [-0.05, 0) is 30.2 Å². The topological polar surface area (TPSA) is 39.2 Å². The molecule has 0 aliphatic heterocycles. The first-order valence-corrected chi connectivity index (χ1v) is 7.75. The monoisotopic (exact) mass is 367 g/mol. The van der Waals surface area contributed by atoms with E-state index >= 15 is 0 Å². The number of ketones is 1. The first-order valence-electron chi connectivity index (χ1n) is 6.58. The fourth-order valence-electron chi connectivity index (χ4n) is 1.83. The number of pyridine rings is 1. The van der Waals surface area contributed by atoms with Gasteiger partial charge in [0.05, 0.1) is 18.1 Å². The molecular formula is C16H15BrClNO2. The molecule has 1 aromatic heterocycles. The number of rotatable bonds is 7. The van der Waals surface area contributed by atoms with E-state index in [9.17, 15) is 4.79 Å². The molecule has 0 bridgehead atoms. The van der Waals surface area contributed by atoms with E-state index in [2.05, 4.69) is 20.9 Å². The highest BCUT2D eigenvalue weighted by Gasteiger charge is 2.06. The van der Waals surface area contributed by atoms with Crippen LogP contribution in [0, 0.1) is 0 Å². The lowest BCUT2D eigenvalue weighted by Crippen LogP contribution is -2.13. The molecule has 2 aromatic rings. The summed E-state index contributed by atoms with van der Waals surface area (Å²) in [6.45, 7) is 0.622. The van der Waals surface area contributed by atoms with Crippen molar-refractivity contribution in [1.82, 2.24) is 4.98 Å². The van der Waals surface area contributed by atoms with Gasteiger partial charge in [0.1, 0.15) is 6.61 Å². The summed E-state index contributed by atoms with van der Waals surface area (Å²) in [5.74, 6) is 0.0111. The van der Waals surface area contributed by atoms with Gasteiger partial charge >= 0.3 is 0 Å². The van der Waals surface area contributed by atoms with Crippen LogP contribution in [-0.4, -0.2) is 24.0 Å². The highest BCUT2D eigenvalue weighted by atomic mass is 79.9. The van der Waals surface area contributed by atoms with Crippen molar-refractivity contribution in [2.24, 2.45) is 0 Å². The minimum Gasteiger partial charge on any atom is -0.373 e. The number of hydrogen-bond donors (Lipinski definition) is 0. The van der Waals surface area contributed by atoms with Crippen LogP contribution in [0.4, 0.5) is 0 Å². The summed E-state index contributed by atoms with van der Waals surface area (Å²) in [6.07, 6.45) is 2.58. The molecule has 0 radical (unpaired) electrons. The molecule has 0 atom stereocenters. The minimum atomic E-state index is 0.0111. The summed E-state index contributed by atoms with van der Waals surface area (Å²) in [7, 11) is 0. The van der Waals surface area contributed by atoms with Gasteiger partial charge in [-0.2, -0.15) is 0 Å². The first-order chi connectivity index (χ1) is 10.1. The average Bonchev–Trinajstić information content (AvgIpc) is 2.48. The lowest BCUT2D eigenvalue weighted by molar-refractivity contribution is -0.122. The SMILES string of the molecule is O=C(COCCc1ccccc1Br)Cc1ccc(Cl)cn1. The van der Waals surface area contributed by atoms with Crippen LogP contribution in [0.1, 0.15) is 11.3 Å². The molecule has 0 N–H and O–H groups in total. The molecule has 0 amide bonds. The van der Waals surface area contributed by atoms with Crippen molar-refractivity contribution in [3.63, 3.8) is 0 Å². The van der Waals surface area contributed by atoms with Gasteiger partial charge < -0.3 is 4.74 Å². The molecular weight excluding hydrogens is 354 g/mol. The third-order valence-corrected chi connectivity index (χ3v) is 3.90. The number of Topliss-reactive ketones (excluding diaryl/α,β-unsaturated/α-hetero) is 1. The molecule has 0 fully saturated rings. The average molecular weight is 369 g/mol. The molecule has 0 aliphatic carbocycles. The van der Waals surface area contributed by atoms with E-state index in [1.54, 1.807) is 12.1 Å². The molecule has 0 spiro atoms. The van der Waals surface area contributed by atoms with Crippen LogP contribution in [0.2, 0.25) is 5.02 Å². The van der Waals surface area contributed by atoms with Crippen LogP contribution in [0.3, 0.4) is 0 Å². The first kappa shape index (κ1) is 16.1. The second-order valence-corrected chi connectivity index (χ2v) is 5.87. The Morgan fingerprint density at radius 3 is 2.76 bits per heavy atom. The van der Waals surface area contributed by atoms with Crippen LogP contribution in [0.15, 0.2) is 47.1 Å². The van der Waals surface area contributed by atoms with Crippen molar-refractivity contribution in [3.8, 4) is 0 Å². The molecule has 2 rings (SSSR count). The van der Waals surface area contributed by atoms with Gasteiger partial charge in [-0.15, -0.1) is 0 Å². The van der Waals surface area contributed by atoms with Gasteiger partial charge in [0.25, 0.3) is 0 Å². The zero-order valence-electron chi connectivity index (χ0n) is 11.4. The fraction of sp³-hybridized carbons (Fsp3) is 0.250. The van der Waals surface area contributed by atoms with Crippen molar-refractivity contribution >= 4 is 33.3 Å². The molecule has 21 heavy (non-hydrogen) atoms. The molecule has 110 valence electrons. The van der Waals surface area contributed by atoms with Gasteiger partial charge in [-0.25, -0.2) is 0 Å². The third-order valence-electron chi connectivity index (χ3n) is 2.90. The number of halogens is 2. The van der Waals surface area contributed by atoms with E-state index in [1.807, 2.05) is 24.3 Å². The summed E-state index contributed by atoms with van der Waals surface area (Å²) >= 11 is 9.23. The molecule has 5 heteroatoms. The summed E-state index contributed by atoms with van der Waals surface area (Å²) in [6, 6.07) is 11.5. The number of ether oxygens (including phenoxy) is 1. The zero-order valence-corrected chi connectivity index (χ0v) is 13.7. The minimum absolute atomic E-state index is 0.0111. The van der Waals surface area contributed by atoms with Crippen LogP contribution >= 0.6 is 27.5 Å². The largest absolute Gasteiger partial charge is 0.373 e. The van der Waals surface area contributed by atoms with Crippen LogP contribution in [0.25, 0.3) is 0 Å². The predicted molar refractivity (Wildman–Crippen MR) is 86.6 cm³/mol. The van der Waals surface area contributed by atoms with Crippen molar-refractivity contribution in [3.05, 3.63) is 63.3 Å². The number of hydrogen-bond acceptors (Lipinski definition) is 3. The number of carbonyl (C=O) groups is 1. The molecule has 1 heterocycles. The molecule has 0 aliphatic rings. The second-order valence-electron chi connectivity index (χ2n) is 4.58. The van der Waals surface area contributed by atoms with Gasteiger partial charge in [0.15, 0.2) is 5.78 Å². The van der Waals surface area contributed by atoms with Gasteiger partial charge in [0, 0.05) is 16.4 Å². The number of nitrogens with zero attached hydrogens (tertiary/aromatic N) is 1. The highest BCUT2D eigenvalue weighted by molar-refractivity contribution is 9.10. The summed E-state index contributed by atoms with van der Waals surface area (Å²) < 4.78 is 6.49. The maximum absolute atomic E-state index is 11.8. The van der Waals surface area contributed by atoms with Crippen molar-refractivity contribution in [2.45, 2.75) is 12.8 Å². The number of aromatic nitrogens is 1. The van der Waals surface area contributed by atoms with Gasteiger partial charge in [-0.1, -0.05) is 45.7 Å². The molecule has 0 unspecified atom stereocenters. The molecule has 0 saturated carbocycles. The smallest absolute Gasteiger partial charge is 0.164 e. The Kier molecular flexibility index (Phi) is 6.36. The maximum Gasteiger partial charge on any atom is 0.164 e. The summed E-state index contributed by atoms with van der Waals surface area (Å²) in [5, 5.41) is 0.566. The zero-order chi connectivity index (χ0) is 15.1. The van der Waals surface area contributed by atoms with Crippen molar-refractivity contribution in [2.75, 3.05) is 13.2 Å². The lowest BCUT2D eigenvalue weighted by Gasteiger charge is -2.05. The Balaban J connectivity index is 1.70. The Hall–Kier alpha value is -1.23. The van der Waals surface area contributed by atoms with Crippen LogP contribution in [0.5, 0.6) is 0 Å². The number of benzene rings is 1. The standard InChI is InChI=1S/C16H15BrClNO2/c17-16-4-2-1-3-12(16)7-8-21-11-15(20)9-14-6-5-13(18)10-19-14/h1-6,10H,7-9,11H2. The van der Waals surface area contributed by atoms with E-state index in [4.69, 9.17) is 16.3 Å². The van der Waals surface area contributed by atoms with E-state index in [0.717, 1.165) is 10.9 Å². The summed E-state index contributed by atoms with van der Waals surface area (Å²) in [5.41, 5.74) is 1.88. The molecule has 0 saturated heterocycles. The van der Waals surface area contributed by atoms with Crippen LogP contribution < -0.4 is 0 Å². The predicted octanol–water partition coefficient (Wildman–Crippen LogP) is 3.87. The Bertz CT molecular complexity index is 601. The molecule has 3 nitrogen and oxygen atoms in total. The van der Waals surface area contributed by atoms with E-state index in [1.165, 1.54) is 11.8 Å². The molecule has 1 aromatic carbocycles. The second kappa shape index (κ2) is 8.27. The Labute approximate surface area is 137 Å². The van der Waals surface area contributed by atoms with Crippen molar-refractivity contribution < 1.29 is 9.53 Å². The summed E-state index contributed by atoms with van der Waals surface area (Å²) in [4.78, 5) is 15.9.